The van der Waals surface area contributed by atoms with E-state index < -0.39 is 0 Å². The van der Waals surface area contributed by atoms with Crippen molar-refractivity contribution in [3.8, 4) is 0 Å². The molecule has 3 rings (SSSR count). The monoisotopic (exact) mass is 359 g/mol. The molecule has 1 aromatic heterocycles. The summed E-state index contributed by atoms with van der Waals surface area (Å²) in [6.07, 6.45) is 11.4. The standard InChI is InChI=1S/C26H33N/c1-7-8-15-26(6,18(2)3)23-14-13-21-11-9-10-12-22(21)25(23)24-16-19(4)20(5)17-27-24/h8-13,15-18,23H,7,14H2,1-6H3. The highest BCUT2D eigenvalue weighted by Crippen LogP contribution is 2.45. The average Bonchev–Trinajstić information content (AvgIpc) is 2.67. The minimum Gasteiger partial charge on any atom is -0.256 e. The van der Waals surface area contributed by atoms with Gasteiger partial charge in [-0.25, -0.2) is 0 Å². The van der Waals surface area contributed by atoms with Crippen LogP contribution in [0.25, 0.3) is 11.6 Å². The van der Waals surface area contributed by atoms with Crippen molar-refractivity contribution >= 4 is 11.6 Å². The highest BCUT2D eigenvalue weighted by atomic mass is 14.7. The van der Waals surface area contributed by atoms with Gasteiger partial charge in [0.1, 0.15) is 0 Å². The molecule has 0 N–H and O–H groups in total. The van der Waals surface area contributed by atoms with Gasteiger partial charge in [-0.2, -0.15) is 0 Å². The van der Waals surface area contributed by atoms with Gasteiger partial charge in [-0.3, -0.25) is 4.98 Å². The first-order valence-corrected chi connectivity index (χ1v) is 10.3. The van der Waals surface area contributed by atoms with Crippen LogP contribution < -0.4 is 10.4 Å². The third kappa shape index (κ3) is 3.65. The van der Waals surface area contributed by atoms with Crippen molar-refractivity contribution in [2.24, 2.45) is 17.3 Å². The van der Waals surface area contributed by atoms with Crippen molar-refractivity contribution in [1.29, 1.82) is 0 Å². The summed E-state index contributed by atoms with van der Waals surface area (Å²) >= 11 is 0. The Bertz CT molecular complexity index is 964. The normalized spacial score (nSPS) is 19.1. The predicted octanol–water partition coefficient (Wildman–Crippen LogP) is 5.33. The predicted molar refractivity (Wildman–Crippen MR) is 117 cm³/mol. The topological polar surface area (TPSA) is 12.9 Å². The molecule has 0 fully saturated rings. The van der Waals surface area contributed by atoms with E-state index in [2.05, 4.69) is 90.1 Å². The van der Waals surface area contributed by atoms with Gasteiger partial charge in [0, 0.05) is 6.20 Å². The minimum atomic E-state index is 0.0931. The van der Waals surface area contributed by atoms with Crippen LogP contribution in [0.15, 0.2) is 48.7 Å². The summed E-state index contributed by atoms with van der Waals surface area (Å²) < 4.78 is 0. The summed E-state index contributed by atoms with van der Waals surface area (Å²) in [6, 6.07) is 11.1. The maximum absolute atomic E-state index is 4.89. The Morgan fingerprint density at radius 3 is 2.59 bits per heavy atom. The summed E-state index contributed by atoms with van der Waals surface area (Å²) in [6.45, 7) is 13.7. The molecule has 2 atom stereocenters. The molecule has 27 heavy (non-hydrogen) atoms. The molecule has 1 aliphatic rings. The maximum Gasteiger partial charge on any atom is 0.0673 e. The Balaban J connectivity index is 2.31. The third-order valence-electron chi connectivity index (χ3n) is 6.53. The molecule has 1 heteroatoms. The molecule has 1 heterocycles. The van der Waals surface area contributed by atoms with E-state index in [1.807, 2.05) is 6.20 Å². The van der Waals surface area contributed by atoms with Crippen molar-refractivity contribution in [2.75, 3.05) is 0 Å². The van der Waals surface area contributed by atoms with Crippen LogP contribution in [0.5, 0.6) is 0 Å². The molecule has 1 nitrogen and oxygen atoms in total. The lowest BCUT2D eigenvalue weighted by molar-refractivity contribution is 0.223. The molecular weight excluding hydrogens is 326 g/mol. The van der Waals surface area contributed by atoms with Crippen molar-refractivity contribution < 1.29 is 0 Å². The lowest BCUT2D eigenvalue weighted by Gasteiger charge is -2.41. The van der Waals surface area contributed by atoms with Crippen molar-refractivity contribution in [3.05, 3.63) is 75.9 Å². The van der Waals surface area contributed by atoms with Crippen molar-refractivity contribution in [1.82, 2.24) is 4.98 Å². The Hall–Kier alpha value is -2.15. The number of rotatable bonds is 5. The lowest BCUT2D eigenvalue weighted by atomic mass is 9.63. The Morgan fingerprint density at radius 2 is 1.93 bits per heavy atom. The Morgan fingerprint density at radius 1 is 1.19 bits per heavy atom. The van der Waals surface area contributed by atoms with E-state index in [1.54, 1.807) is 0 Å². The van der Waals surface area contributed by atoms with Gasteiger partial charge in [0.2, 0.25) is 0 Å². The second kappa shape index (κ2) is 7.84. The smallest absolute Gasteiger partial charge is 0.0673 e. The number of benzene rings is 1. The average molecular weight is 360 g/mol. The van der Waals surface area contributed by atoms with Gasteiger partial charge in [0.25, 0.3) is 0 Å². The molecule has 0 aliphatic heterocycles. The maximum atomic E-state index is 4.89. The van der Waals surface area contributed by atoms with Gasteiger partial charge in [0.05, 0.1) is 5.69 Å². The third-order valence-corrected chi connectivity index (χ3v) is 6.53. The Kier molecular flexibility index (Phi) is 5.69. The molecule has 2 unspecified atom stereocenters. The van der Waals surface area contributed by atoms with Gasteiger partial charge in [-0.1, -0.05) is 70.2 Å². The first-order chi connectivity index (χ1) is 12.9. The number of allylic oxidation sites excluding steroid dienone is 2. The lowest BCUT2D eigenvalue weighted by Crippen LogP contribution is -2.41. The summed E-state index contributed by atoms with van der Waals surface area (Å²) in [5.41, 5.74) is 5.21. The number of pyridine rings is 1. The first kappa shape index (κ1) is 19.6. The molecule has 0 amide bonds. The minimum absolute atomic E-state index is 0.0931. The molecule has 2 aromatic rings. The summed E-state index contributed by atoms with van der Waals surface area (Å²) in [5.74, 6) is 0.968. The van der Waals surface area contributed by atoms with E-state index in [4.69, 9.17) is 4.98 Å². The van der Waals surface area contributed by atoms with Gasteiger partial charge in [0.15, 0.2) is 0 Å². The molecular formula is C26H33N. The molecule has 142 valence electrons. The number of hydrogen-bond donors (Lipinski definition) is 0. The van der Waals surface area contributed by atoms with E-state index in [9.17, 15) is 0 Å². The molecule has 1 aromatic carbocycles. The van der Waals surface area contributed by atoms with Gasteiger partial charge >= 0.3 is 0 Å². The Labute approximate surface area is 164 Å². The van der Waals surface area contributed by atoms with Crippen LogP contribution in [0, 0.1) is 31.1 Å². The van der Waals surface area contributed by atoms with Crippen LogP contribution in [0.1, 0.15) is 57.4 Å². The van der Waals surface area contributed by atoms with E-state index >= 15 is 0 Å². The van der Waals surface area contributed by atoms with Gasteiger partial charge < -0.3 is 0 Å². The quantitative estimate of drug-likeness (QED) is 0.658. The van der Waals surface area contributed by atoms with Crippen LogP contribution in [0.4, 0.5) is 0 Å². The van der Waals surface area contributed by atoms with E-state index in [0.29, 0.717) is 11.8 Å². The van der Waals surface area contributed by atoms with Gasteiger partial charge in [-0.05, 0) is 77.1 Å². The van der Waals surface area contributed by atoms with E-state index in [0.717, 1.165) is 18.5 Å². The molecule has 1 aliphatic carbocycles. The van der Waals surface area contributed by atoms with Crippen LogP contribution in [0.3, 0.4) is 0 Å². The zero-order valence-corrected chi connectivity index (χ0v) is 17.7. The van der Waals surface area contributed by atoms with Crippen LogP contribution in [-0.4, -0.2) is 4.98 Å². The highest BCUT2D eigenvalue weighted by molar-refractivity contribution is 5.69. The molecule has 0 saturated carbocycles. The summed E-state index contributed by atoms with van der Waals surface area (Å²) in [5, 5.41) is 2.69. The fourth-order valence-electron chi connectivity index (χ4n) is 4.21. The largest absolute Gasteiger partial charge is 0.256 e. The highest BCUT2D eigenvalue weighted by Gasteiger charge is 2.38. The SMILES string of the molecule is CCC=CC(C)(C(C)C)C1CC=c2ccccc2=C1c1cc(C)c(C)cn1. The van der Waals surface area contributed by atoms with Crippen molar-refractivity contribution in [3.63, 3.8) is 0 Å². The zero-order chi connectivity index (χ0) is 19.6. The fraction of sp³-hybridized carbons (Fsp3) is 0.423. The number of nitrogens with zero attached hydrogens (tertiary/aromatic N) is 1. The zero-order valence-electron chi connectivity index (χ0n) is 17.7. The first-order valence-electron chi connectivity index (χ1n) is 10.3. The summed E-state index contributed by atoms with van der Waals surface area (Å²) in [4.78, 5) is 4.89. The molecule has 0 bridgehead atoms. The molecule has 0 spiro atoms. The number of aromatic nitrogens is 1. The fourth-order valence-corrected chi connectivity index (χ4v) is 4.21. The second-order valence-corrected chi connectivity index (χ2v) is 8.48. The van der Waals surface area contributed by atoms with Crippen LogP contribution >= 0.6 is 0 Å². The van der Waals surface area contributed by atoms with Crippen molar-refractivity contribution in [2.45, 2.75) is 54.4 Å². The molecule has 0 radical (unpaired) electrons. The number of aryl methyl sites for hydroxylation is 2. The molecule has 0 saturated heterocycles. The second-order valence-electron chi connectivity index (χ2n) is 8.48. The van der Waals surface area contributed by atoms with E-state index in [-0.39, 0.29) is 5.41 Å². The van der Waals surface area contributed by atoms with E-state index in [1.165, 1.54) is 27.1 Å². The number of fused-ring (bicyclic) bond motifs is 1. The summed E-state index contributed by atoms with van der Waals surface area (Å²) in [7, 11) is 0. The number of hydrogen-bond acceptors (Lipinski definition) is 1. The van der Waals surface area contributed by atoms with Crippen LogP contribution in [-0.2, 0) is 0 Å². The van der Waals surface area contributed by atoms with Gasteiger partial charge in [-0.15, -0.1) is 0 Å². The van der Waals surface area contributed by atoms with Crippen LogP contribution in [0.2, 0.25) is 0 Å².